The summed E-state index contributed by atoms with van der Waals surface area (Å²) in [7, 11) is 0. The number of ether oxygens (including phenoxy) is 1. The Bertz CT molecular complexity index is 238. The lowest BCUT2D eigenvalue weighted by Crippen LogP contribution is -2.56. The van der Waals surface area contributed by atoms with E-state index < -0.39 is 0 Å². The Balaban J connectivity index is 0.00000128. The van der Waals surface area contributed by atoms with Gasteiger partial charge in [-0.2, -0.15) is 0 Å². The first kappa shape index (κ1) is 16.9. The van der Waals surface area contributed by atoms with Crippen LogP contribution in [0.1, 0.15) is 6.92 Å². The van der Waals surface area contributed by atoms with Gasteiger partial charge in [0.15, 0.2) is 0 Å². The van der Waals surface area contributed by atoms with Crippen molar-refractivity contribution in [2.24, 2.45) is 0 Å². The quantitative estimate of drug-likeness (QED) is 0.691. The number of rotatable bonds is 1. The summed E-state index contributed by atoms with van der Waals surface area (Å²) in [5, 5.41) is 6.50. The van der Waals surface area contributed by atoms with Gasteiger partial charge < -0.3 is 20.3 Å². The SMILES string of the molecule is CC1CN(C(=O)[C@H]2CNCCO2)CCN1.Cl.Cl. The lowest BCUT2D eigenvalue weighted by Gasteiger charge is -2.35. The molecule has 102 valence electrons. The molecular formula is C10H21Cl2N3O2. The third kappa shape index (κ3) is 4.60. The summed E-state index contributed by atoms with van der Waals surface area (Å²) < 4.78 is 5.45. The molecule has 0 aromatic rings. The lowest BCUT2D eigenvalue weighted by molar-refractivity contribution is -0.146. The molecule has 0 bridgehead atoms. The van der Waals surface area contributed by atoms with Crippen LogP contribution in [-0.4, -0.2) is 62.3 Å². The summed E-state index contributed by atoms with van der Waals surface area (Å²) in [4.78, 5) is 13.9. The van der Waals surface area contributed by atoms with E-state index in [1.807, 2.05) is 4.90 Å². The van der Waals surface area contributed by atoms with Crippen molar-refractivity contribution in [1.82, 2.24) is 15.5 Å². The van der Waals surface area contributed by atoms with Crippen molar-refractivity contribution in [3.8, 4) is 0 Å². The van der Waals surface area contributed by atoms with Crippen LogP contribution < -0.4 is 10.6 Å². The lowest BCUT2D eigenvalue weighted by atomic mass is 10.2. The highest BCUT2D eigenvalue weighted by Gasteiger charge is 2.28. The number of hydrogen-bond acceptors (Lipinski definition) is 4. The number of carbonyl (C=O) groups is 1. The zero-order valence-electron chi connectivity index (χ0n) is 9.98. The normalized spacial score (nSPS) is 28.9. The number of nitrogens with one attached hydrogen (secondary N) is 2. The van der Waals surface area contributed by atoms with Crippen LogP contribution >= 0.6 is 24.8 Å². The fourth-order valence-corrected chi connectivity index (χ4v) is 2.06. The van der Waals surface area contributed by atoms with Gasteiger partial charge >= 0.3 is 0 Å². The number of nitrogens with zero attached hydrogens (tertiary/aromatic N) is 1. The molecule has 0 spiro atoms. The first-order valence-electron chi connectivity index (χ1n) is 5.62. The van der Waals surface area contributed by atoms with Crippen LogP contribution in [-0.2, 0) is 9.53 Å². The van der Waals surface area contributed by atoms with E-state index in [-0.39, 0.29) is 36.8 Å². The smallest absolute Gasteiger partial charge is 0.253 e. The van der Waals surface area contributed by atoms with Gasteiger partial charge in [0.1, 0.15) is 6.10 Å². The molecule has 0 aliphatic carbocycles. The zero-order valence-corrected chi connectivity index (χ0v) is 11.6. The van der Waals surface area contributed by atoms with Crippen molar-refractivity contribution in [1.29, 1.82) is 0 Å². The second-order valence-corrected chi connectivity index (χ2v) is 4.20. The number of carbonyl (C=O) groups excluding carboxylic acids is 1. The summed E-state index contributed by atoms with van der Waals surface area (Å²) in [6.07, 6.45) is -0.274. The van der Waals surface area contributed by atoms with Gasteiger partial charge in [-0.15, -0.1) is 24.8 Å². The second-order valence-electron chi connectivity index (χ2n) is 4.20. The molecule has 2 fully saturated rings. The highest BCUT2D eigenvalue weighted by Crippen LogP contribution is 2.05. The molecule has 2 saturated heterocycles. The summed E-state index contributed by atoms with van der Waals surface area (Å²) in [6.45, 7) is 6.70. The number of morpholine rings is 1. The van der Waals surface area contributed by atoms with Gasteiger partial charge in [0, 0.05) is 38.8 Å². The molecule has 2 atom stereocenters. The van der Waals surface area contributed by atoms with Gasteiger partial charge in [0.25, 0.3) is 5.91 Å². The molecular weight excluding hydrogens is 265 g/mol. The molecule has 17 heavy (non-hydrogen) atoms. The Morgan fingerprint density at radius 2 is 2.12 bits per heavy atom. The average Bonchev–Trinajstić information content (AvgIpc) is 2.29. The summed E-state index contributed by atoms with van der Waals surface area (Å²) in [6, 6.07) is 0.388. The zero-order chi connectivity index (χ0) is 10.7. The Hall–Kier alpha value is -0.0700. The molecule has 2 aliphatic heterocycles. The third-order valence-corrected chi connectivity index (χ3v) is 2.88. The molecule has 2 heterocycles. The van der Waals surface area contributed by atoms with Gasteiger partial charge in [0.2, 0.25) is 0 Å². The molecule has 1 unspecified atom stereocenters. The van der Waals surface area contributed by atoms with E-state index in [4.69, 9.17) is 4.74 Å². The Morgan fingerprint density at radius 1 is 1.35 bits per heavy atom. The van der Waals surface area contributed by atoms with Crippen molar-refractivity contribution in [2.75, 3.05) is 39.3 Å². The average molecular weight is 286 g/mol. The monoisotopic (exact) mass is 285 g/mol. The van der Waals surface area contributed by atoms with Crippen LogP contribution in [0.5, 0.6) is 0 Å². The van der Waals surface area contributed by atoms with Gasteiger partial charge in [-0.05, 0) is 6.92 Å². The van der Waals surface area contributed by atoms with Crippen LogP contribution in [0.4, 0.5) is 0 Å². The Labute approximate surface area is 114 Å². The van der Waals surface area contributed by atoms with Gasteiger partial charge in [0.05, 0.1) is 6.61 Å². The maximum Gasteiger partial charge on any atom is 0.253 e. The molecule has 2 aliphatic rings. The summed E-state index contributed by atoms with van der Waals surface area (Å²) in [5.74, 6) is 0.135. The number of hydrogen-bond donors (Lipinski definition) is 2. The van der Waals surface area contributed by atoms with Crippen molar-refractivity contribution >= 4 is 30.7 Å². The molecule has 1 amide bonds. The highest BCUT2D eigenvalue weighted by atomic mass is 35.5. The van der Waals surface area contributed by atoms with Crippen LogP contribution in [0.2, 0.25) is 0 Å². The molecule has 0 aromatic carbocycles. The number of piperazine rings is 1. The maximum atomic E-state index is 12.0. The molecule has 0 aromatic heterocycles. The molecule has 5 nitrogen and oxygen atoms in total. The maximum absolute atomic E-state index is 12.0. The highest BCUT2D eigenvalue weighted by molar-refractivity contribution is 5.85. The van der Waals surface area contributed by atoms with Crippen molar-refractivity contribution in [3.63, 3.8) is 0 Å². The van der Waals surface area contributed by atoms with Crippen LogP contribution in [0.25, 0.3) is 0 Å². The minimum atomic E-state index is -0.274. The van der Waals surface area contributed by atoms with Crippen molar-refractivity contribution in [2.45, 2.75) is 19.1 Å². The van der Waals surface area contributed by atoms with Gasteiger partial charge in [-0.25, -0.2) is 0 Å². The fourth-order valence-electron chi connectivity index (χ4n) is 2.06. The minimum absolute atomic E-state index is 0. The standard InChI is InChI=1S/C10H19N3O2.2ClH/c1-8-7-13(4-2-12-8)10(14)9-6-11-3-5-15-9;;/h8-9,11-12H,2-7H2,1H3;2*1H/t8?,9-;;/m1../s1. The van der Waals surface area contributed by atoms with E-state index in [0.717, 1.165) is 26.2 Å². The topological polar surface area (TPSA) is 53.6 Å². The molecule has 7 heteroatoms. The van der Waals surface area contributed by atoms with Crippen LogP contribution in [0.3, 0.4) is 0 Å². The van der Waals surface area contributed by atoms with E-state index in [9.17, 15) is 4.79 Å². The first-order chi connectivity index (χ1) is 7.27. The van der Waals surface area contributed by atoms with E-state index in [1.165, 1.54) is 0 Å². The van der Waals surface area contributed by atoms with E-state index in [0.29, 0.717) is 19.2 Å². The van der Waals surface area contributed by atoms with Crippen LogP contribution in [0.15, 0.2) is 0 Å². The predicted molar refractivity (Wildman–Crippen MR) is 71.2 cm³/mol. The second kappa shape index (κ2) is 8.11. The first-order valence-corrected chi connectivity index (χ1v) is 5.62. The summed E-state index contributed by atoms with van der Waals surface area (Å²) in [5.41, 5.74) is 0. The van der Waals surface area contributed by atoms with Gasteiger partial charge in [-0.1, -0.05) is 0 Å². The third-order valence-electron chi connectivity index (χ3n) is 2.88. The largest absolute Gasteiger partial charge is 0.366 e. The molecule has 2 N–H and O–H groups in total. The van der Waals surface area contributed by atoms with Crippen molar-refractivity contribution in [3.05, 3.63) is 0 Å². The number of halogens is 2. The van der Waals surface area contributed by atoms with Gasteiger partial charge in [-0.3, -0.25) is 4.79 Å². The molecule has 2 rings (SSSR count). The molecule has 0 saturated carbocycles. The minimum Gasteiger partial charge on any atom is -0.366 e. The van der Waals surface area contributed by atoms with Crippen LogP contribution in [0, 0.1) is 0 Å². The Morgan fingerprint density at radius 3 is 2.71 bits per heavy atom. The fraction of sp³-hybridized carbons (Fsp3) is 0.900. The van der Waals surface area contributed by atoms with E-state index >= 15 is 0 Å². The van der Waals surface area contributed by atoms with Crippen molar-refractivity contribution < 1.29 is 9.53 Å². The van der Waals surface area contributed by atoms with E-state index in [2.05, 4.69) is 17.6 Å². The predicted octanol–water partition coefficient (Wildman–Crippen LogP) is -0.361. The summed E-state index contributed by atoms with van der Waals surface area (Å²) >= 11 is 0. The Kier molecular flexibility index (Phi) is 8.07. The van der Waals surface area contributed by atoms with E-state index in [1.54, 1.807) is 0 Å². The molecule has 0 radical (unpaired) electrons. The number of amides is 1.